The van der Waals surface area contributed by atoms with E-state index >= 15 is 0 Å². The second kappa shape index (κ2) is 11.0. The summed E-state index contributed by atoms with van der Waals surface area (Å²) in [5.74, 6) is -0.0361. The number of hydrogen-bond donors (Lipinski definition) is 4. The second-order valence-corrected chi connectivity index (χ2v) is 7.92. The Bertz CT molecular complexity index is 1140. The van der Waals surface area contributed by atoms with E-state index in [9.17, 15) is 14.7 Å². The van der Waals surface area contributed by atoms with E-state index in [1.807, 2.05) is 44.3 Å². The summed E-state index contributed by atoms with van der Waals surface area (Å²) >= 11 is 0. The van der Waals surface area contributed by atoms with Gasteiger partial charge in [0.15, 0.2) is 11.5 Å². The van der Waals surface area contributed by atoms with Gasteiger partial charge in [0.25, 0.3) is 5.91 Å². The maximum Gasteiger partial charge on any atom is 0.407 e. The van der Waals surface area contributed by atoms with E-state index in [1.165, 1.54) is 19.4 Å². The number of nitrogens with one attached hydrogen (secondary N) is 3. The summed E-state index contributed by atoms with van der Waals surface area (Å²) in [6, 6.07) is 11.5. The summed E-state index contributed by atoms with van der Waals surface area (Å²) in [5.41, 5.74) is 4.89. The van der Waals surface area contributed by atoms with E-state index in [0.29, 0.717) is 5.56 Å². The molecule has 0 radical (unpaired) electrons. The fourth-order valence-electron chi connectivity index (χ4n) is 3.18. The fraction of sp³-hybridized carbons (Fsp3) is 0.292. The Morgan fingerprint density at radius 3 is 2.76 bits per heavy atom. The van der Waals surface area contributed by atoms with E-state index in [0.717, 1.165) is 16.5 Å². The number of para-hydroxylation sites is 1. The Morgan fingerprint density at radius 2 is 2.00 bits per heavy atom. The SMILES string of the molecule is COc1cc(/C=N/NC(=O)C(Cc2c[nH]c3ccccc23)NC(=O)OCC(C)C)ccc1O. The van der Waals surface area contributed by atoms with Gasteiger partial charge in [-0.3, -0.25) is 4.79 Å². The highest BCUT2D eigenvalue weighted by Gasteiger charge is 2.23. The number of phenolic OH excluding ortho intramolecular Hbond substituents is 1. The quantitative estimate of drug-likeness (QED) is 0.293. The van der Waals surface area contributed by atoms with E-state index in [-0.39, 0.29) is 30.4 Å². The Morgan fingerprint density at radius 1 is 1.21 bits per heavy atom. The van der Waals surface area contributed by atoms with Gasteiger partial charge in [0.05, 0.1) is 19.9 Å². The number of aromatic amines is 1. The van der Waals surface area contributed by atoms with Gasteiger partial charge in [0, 0.05) is 23.5 Å². The lowest BCUT2D eigenvalue weighted by Gasteiger charge is -2.17. The lowest BCUT2D eigenvalue weighted by molar-refractivity contribution is -0.123. The number of amides is 2. The van der Waals surface area contributed by atoms with Crippen LogP contribution < -0.4 is 15.5 Å². The zero-order valence-electron chi connectivity index (χ0n) is 18.8. The Hall–Kier alpha value is -4.01. The van der Waals surface area contributed by atoms with Crippen molar-refractivity contribution in [2.75, 3.05) is 13.7 Å². The zero-order valence-corrected chi connectivity index (χ0v) is 18.8. The summed E-state index contributed by atoms with van der Waals surface area (Å²) in [7, 11) is 1.44. The normalized spacial score (nSPS) is 12.1. The number of carbonyl (C=O) groups excluding carboxylic acids is 2. The van der Waals surface area contributed by atoms with Crippen molar-refractivity contribution in [3.05, 3.63) is 59.8 Å². The zero-order chi connectivity index (χ0) is 23.8. The largest absolute Gasteiger partial charge is 0.504 e. The molecule has 0 aliphatic heterocycles. The van der Waals surface area contributed by atoms with Crippen LogP contribution in [0.4, 0.5) is 4.79 Å². The smallest absolute Gasteiger partial charge is 0.407 e. The van der Waals surface area contributed by atoms with Crippen LogP contribution in [-0.2, 0) is 16.0 Å². The molecule has 0 bridgehead atoms. The van der Waals surface area contributed by atoms with Crippen LogP contribution in [0.15, 0.2) is 53.8 Å². The minimum absolute atomic E-state index is 0.00147. The molecule has 0 aliphatic rings. The molecule has 1 heterocycles. The lowest BCUT2D eigenvalue weighted by Crippen LogP contribution is -2.47. The molecule has 1 aromatic heterocycles. The van der Waals surface area contributed by atoms with Crippen LogP contribution >= 0.6 is 0 Å². The van der Waals surface area contributed by atoms with Crippen LogP contribution in [0.25, 0.3) is 10.9 Å². The van der Waals surface area contributed by atoms with Gasteiger partial charge in [0.1, 0.15) is 6.04 Å². The maximum atomic E-state index is 12.9. The number of methoxy groups -OCH3 is 1. The number of hydrazone groups is 1. The minimum atomic E-state index is -0.907. The predicted octanol–water partition coefficient (Wildman–Crippen LogP) is 3.33. The highest BCUT2D eigenvalue weighted by molar-refractivity contribution is 5.89. The van der Waals surface area contributed by atoms with Crippen LogP contribution in [0, 0.1) is 5.92 Å². The van der Waals surface area contributed by atoms with E-state index in [2.05, 4.69) is 20.8 Å². The number of rotatable bonds is 9. The molecule has 3 aromatic rings. The van der Waals surface area contributed by atoms with Crippen molar-refractivity contribution in [3.8, 4) is 11.5 Å². The molecule has 33 heavy (non-hydrogen) atoms. The number of hydrogen-bond acceptors (Lipinski definition) is 6. The molecule has 9 heteroatoms. The standard InChI is InChI=1S/C24H28N4O5/c1-15(2)14-33-24(31)27-20(11-17-13-25-19-7-5-4-6-18(17)19)23(30)28-26-12-16-8-9-21(29)22(10-16)32-3/h4-10,12-13,15,20,25,29H,11,14H2,1-3H3,(H,27,31)(H,28,30)/b26-12+. The molecule has 3 rings (SSSR count). The Kier molecular flexibility index (Phi) is 7.91. The third-order valence-electron chi connectivity index (χ3n) is 4.85. The highest BCUT2D eigenvalue weighted by atomic mass is 16.5. The molecule has 4 N–H and O–H groups in total. The van der Waals surface area contributed by atoms with Crippen molar-refractivity contribution in [2.24, 2.45) is 11.0 Å². The van der Waals surface area contributed by atoms with Gasteiger partial charge in [-0.05, 0) is 41.3 Å². The molecule has 9 nitrogen and oxygen atoms in total. The number of benzene rings is 2. The Labute approximate surface area is 191 Å². The first-order chi connectivity index (χ1) is 15.9. The fourth-order valence-corrected chi connectivity index (χ4v) is 3.18. The number of nitrogens with zero attached hydrogens (tertiary/aromatic N) is 1. The van der Waals surface area contributed by atoms with Crippen molar-refractivity contribution in [2.45, 2.75) is 26.3 Å². The Balaban J connectivity index is 1.73. The summed E-state index contributed by atoms with van der Waals surface area (Å²) < 4.78 is 10.3. The highest BCUT2D eigenvalue weighted by Crippen LogP contribution is 2.25. The van der Waals surface area contributed by atoms with Gasteiger partial charge in [-0.1, -0.05) is 32.0 Å². The summed E-state index contributed by atoms with van der Waals surface area (Å²) in [6.07, 6.45) is 2.81. The van der Waals surface area contributed by atoms with Crippen molar-refractivity contribution in [1.82, 2.24) is 15.7 Å². The summed E-state index contributed by atoms with van der Waals surface area (Å²) in [4.78, 5) is 28.3. The number of phenols is 1. The predicted molar refractivity (Wildman–Crippen MR) is 126 cm³/mol. The molecule has 0 saturated heterocycles. The van der Waals surface area contributed by atoms with Gasteiger partial charge in [0.2, 0.25) is 0 Å². The molecular formula is C24H28N4O5. The number of alkyl carbamates (subject to hydrolysis) is 1. The van der Waals surface area contributed by atoms with E-state index in [1.54, 1.807) is 12.1 Å². The van der Waals surface area contributed by atoms with Crippen LogP contribution in [0.1, 0.15) is 25.0 Å². The van der Waals surface area contributed by atoms with E-state index in [4.69, 9.17) is 9.47 Å². The van der Waals surface area contributed by atoms with Gasteiger partial charge >= 0.3 is 6.09 Å². The molecule has 0 spiro atoms. The van der Waals surface area contributed by atoms with Crippen LogP contribution in [-0.4, -0.2) is 48.1 Å². The number of H-pyrrole nitrogens is 1. The number of fused-ring (bicyclic) bond motifs is 1. The molecular weight excluding hydrogens is 424 g/mol. The third kappa shape index (κ3) is 6.49. The number of aromatic hydroxyl groups is 1. The van der Waals surface area contributed by atoms with Gasteiger partial charge in [-0.2, -0.15) is 5.10 Å². The average molecular weight is 453 g/mol. The van der Waals surface area contributed by atoms with Crippen LogP contribution in [0.3, 0.4) is 0 Å². The van der Waals surface area contributed by atoms with Crippen molar-refractivity contribution < 1.29 is 24.2 Å². The van der Waals surface area contributed by atoms with Crippen molar-refractivity contribution in [3.63, 3.8) is 0 Å². The van der Waals surface area contributed by atoms with E-state index < -0.39 is 18.0 Å². The summed E-state index contributed by atoms with van der Waals surface area (Å²) in [6.45, 7) is 4.10. The lowest BCUT2D eigenvalue weighted by atomic mass is 10.0. The molecule has 0 fully saturated rings. The molecule has 174 valence electrons. The number of aromatic nitrogens is 1. The van der Waals surface area contributed by atoms with Gasteiger partial charge in [-0.15, -0.1) is 0 Å². The molecule has 1 unspecified atom stereocenters. The topological polar surface area (TPSA) is 125 Å². The molecule has 2 amide bonds. The first-order valence-corrected chi connectivity index (χ1v) is 10.6. The van der Waals surface area contributed by atoms with Crippen LogP contribution in [0.2, 0.25) is 0 Å². The van der Waals surface area contributed by atoms with Crippen molar-refractivity contribution >= 4 is 29.1 Å². The molecule has 2 aromatic carbocycles. The first-order valence-electron chi connectivity index (χ1n) is 10.6. The van der Waals surface area contributed by atoms with Gasteiger partial charge < -0.3 is 24.9 Å². The molecule has 0 saturated carbocycles. The van der Waals surface area contributed by atoms with Crippen molar-refractivity contribution in [1.29, 1.82) is 0 Å². The number of ether oxygens (including phenoxy) is 2. The molecule has 0 aliphatic carbocycles. The van der Waals surface area contributed by atoms with Gasteiger partial charge in [-0.25, -0.2) is 10.2 Å². The second-order valence-electron chi connectivity index (χ2n) is 7.92. The third-order valence-corrected chi connectivity index (χ3v) is 4.85. The number of carbonyl (C=O) groups is 2. The van der Waals surface area contributed by atoms with Crippen LogP contribution in [0.5, 0.6) is 11.5 Å². The maximum absolute atomic E-state index is 12.9. The molecule has 1 atom stereocenters. The monoisotopic (exact) mass is 452 g/mol. The average Bonchev–Trinajstić information content (AvgIpc) is 3.21. The summed E-state index contributed by atoms with van der Waals surface area (Å²) in [5, 5.41) is 17.3. The first kappa shape index (κ1) is 23.6. The minimum Gasteiger partial charge on any atom is -0.504 e.